The summed E-state index contributed by atoms with van der Waals surface area (Å²) in [4.78, 5) is 25.5. The number of nitrogens with one attached hydrogen (secondary N) is 1. The van der Waals surface area contributed by atoms with Crippen molar-refractivity contribution in [3.63, 3.8) is 0 Å². The Labute approximate surface area is 123 Å². The molecule has 0 aromatic heterocycles. The van der Waals surface area contributed by atoms with Crippen molar-refractivity contribution in [2.45, 2.75) is 19.9 Å². The summed E-state index contributed by atoms with van der Waals surface area (Å²) in [6, 6.07) is 5.47. The Morgan fingerprint density at radius 2 is 2.00 bits per heavy atom. The SMILES string of the molecule is CCOC(=O)C1=C(C)N(C)C(=O)N[C@@H]1c1ccc(O)cc1. The quantitative estimate of drug-likeness (QED) is 0.834. The molecule has 0 fully saturated rings. The molecule has 0 aliphatic carbocycles. The third kappa shape index (κ3) is 2.84. The number of benzene rings is 1. The molecule has 1 atom stereocenters. The maximum atomic E-state index is 12.2. The van der Waals surface area contributed by atoms with Crippen molar-refractivity contribution in [2.24, 2.45) is 0 Å². The third-order valence-corrected chi connectivity index (χ3v) is 3.48. The van der Waals surface area contributed by atoms with E-state index in [9.17, 15) is 14.7 Å². The van der Waals surface area contributed by atoms with E-state index in [0.717, 1.165) is 0 Å². The molecule has 1 heterocycles. The lowest BCUT2D eigenvalue weighted by Crippen LogP contribution is -2.46. The van der Waals surface area contributed by atoms with Crippen molar-refractivity contribution < 1.29 is 19.4 Å². The summed E-state index contributed by atoms with van der Waals surface area (Å²) in [5, 5.41) is 12.1. The number of phenols is 1. The van der Waals surface area contributed by atoms with Gasteiger partial charge in [-0.3, -0.25) is 0 Å². The van der Waals surface area contributed by atoms with Crippen LogP contribution in [-0.2, 0) is 9.53 Å². The molecule has 1 aliphatic heterocycles. The summed E-state index contributed by atoms with van der Waals surface area (Å²) in [5.41, 5.74) is 1.65. The Morgan fingerprint density at radius 3 is 2.57 bits per heavy atom. The number of carbonyl (C=O) groups is 2. The molecule has 112 valence electrons. The molecule has 0 saturated heterocycles. The van der Waals surface area contributed by atoms with Gasteiger partial charge >= 0.3 is 12.0 Å². The van der Waals surface area contributed by atoms with Crippen molar-refractivity contribution in [1.29, 1.82) is 0 Å². The van der Waals surface area contributed by atoms with E-state index in [-0.39, 0.29) is 18.4 Å². The second-order valence-electron chi connectivity index (χ2n) is 4.75. The van der Waals surface area contributed by atoms with Crippen LogP contribution in [0.25, 0.3) is 0 Å². The Hall–Kier alpha value is -2.50. The number of carbonyl (C=O) groups excluding carboxylic acids is 2. The van der Waals surface area contributed by atoms with Gasteiger partial charge in [-0.2, -0.15) is 0 Å². The Bertz CT molecular complexity index is 592. The molecule has 0 radical (unpaired) electrons. The predicted octanol–water partition coefficient (Wildman–Crippen LogP) is 1.93. The van der Waals surface area contributed by atoms with Crippen LogP contribution in [-0.4, -0.2) is 35.7 Å². The Balaban J connectivity index is 2.48. The fraction of sp³-hybridized carbons (Fsp3) is 0.333. The second kappa shape index (κ2) is 5.87. The van der Waals surface area contributed by atoms with Gasteiger partial charge in [-0.05, 0) is 31.5 Å². The lowest BCUT2D eigenvalue weighted by atomic mass is 9.95. The number of hydrogen-bond donors (Lipinski definition) is 2. The molecule has 1 aromatic carbocycles. The smallest absolute Gasteiger partial charge is 0.338 e. The molecule has 0 spiro atoms. The molecule has 1 aromatic rings. The standard InChI is InChI=1S/C15H18N2O4/c1-4-21-14(19)12-9(2)17(3)15(20)16-13(12)10-5-7-11(18)8-6-10/h5-8,13,18H,4H2,1-3H3,(H,16,20)/t13-/m1/s1. The van der Waals surface area contributed by atoms with Crippen LogP contribution in [0, 0.1) is 0 Å². The number of phenolic OH excluding ortho intramolecular Hbond substituents is 1. The van der Waals surface area contributed by atoms with Crippen molar-refractivity contribution >= 4 is 12.0 Å². The number of amides is 2. The summed E-state index contributed by atoms with van der Waals surface area (Å²) in [6.07, 6.45) is 0. The molecule has 2 amide bonds. The highest BCUT2D eigenvalue weighted by Crippen LogP contribution is 2.31. The van der Waals surface area contributed by atoms with Gasteiger partial charge < -0.3 is 20.1 Å². The summed E-state index contributed by atoms with van der Waals surface area (Å²) in [7, 11) is 1.59. The zero-order valence-electron chi connectivity index (χ0n) is 12.2. The molecule has 1 aliphatic rings. The molecule has 0 saturated carbocycles. The van der Waals surface area contributed by atoms with Crippen LogP contribution < -0.4 is 5.32 Å². The maximum Gasteiger partial charge on any atom is 0.338 e. The number of hydrogen-bond acceptors (Lipinski definition) is 4. The Kier molecular flexibility index (Phi) is 4.16. The average molecular weight is 290 g/mol. The number of ether oxygens (including phenoxy) is 1. The van der Waals surface area contributed by atoms with Crippen LogP contribution >= 0.6 is 0 Å². The first-order valence-corrected chi connectivity index (χ1v) is 6.66. The van der Waals surface area contributed by atoms with E-state index in [1.54, 1.807) is 33.0 Å². The van der Waals surface area contributed by atoms with Gasteiger partial charge in [-0.15, -0.1) is 0 Å². The Morgan fingerprint density at radius 1 is 1.38 bits per heavy atom. The molecular weight excluding hydrogens is 272 g/mol. The van der Waals surface area contributed by atoms with Crippen LogP contribution in [0.4, 0.5) is 4.79 Å². The van der Waals surface area contributed by atoms with Gasteiger partial charge in [0.1, 0.15) is 5.75 Å². The van der Waals surface area contributed by atoms with Gasteiger partial charge in [0.05, 0.1) is 18.2 Å². The molecular formula is C15H18N2O4. The van der Waals surface area contributed by atoms with Crippen LogP contribution in [0.1, 0.15) is 25.5 Å². The minimum atomic E-state index is -0.589. The number of nitrogens with zero attached hydrogens (tertiary/aromatic N) is 1. The molecule has 2 rings (SSSR count). The van der Waals surface area contributed by atoms with E-state index >= 15 is 0 Å². The van der Waals surface area contributed by atoms with Gasteiger partial charge in [0.15, 0.2) is 0 Å². The van der Waals surface area contributed by atoms with Crippen LogP contribution in [0.3, 0.4) is 0 Å². The molecule has 2 N–H and O–H groups in total. The summed E-state index contributed by atoms with van der Waals surface area (Å²) < 4.78 is 5.09. The van der Waals surface area contributed by atoms with E-state index in [4.69, 9.17) is 4.74 Å². The van der Waals surface area contributed by atoms with E-state index < -0.39 is 12.0 Å². The lowest BCUT2D eigenvalue weighted by Gasteiger charge is -2.33. The number of urea groups is 1. The van der Waals surface area contributed by atoms with E-state index in [1.165, 1.54) is 17.0 Å². The zero-order valence-corrected chi connectivity index (χ0v) is 12.2. The van der Waals surface area contributed by atoms with Crippen molar-refractivity contribution in [3.8, 4) is 5.75 Å². The monoisotopic (exact) mass is 290 g/mol. The average Bonchev–Trinajstić information content (AvgIpc) is 2.45. The normalized spacial score (nSPS) is 18.5. The van der Waals surface area contributed by atoms with Crippen LogP contribution in [0.2, 0.25) is 0 Å². The minimum absolute atomic E-state index is 0.122. The molecule has 6 nitrogen and oxygen atoms in total. The van der Waals surface area contributed by atoms with Gasteiger partial charge in [0.2, 0.25) is 0 Å². The molecule has 0 bridgehead atoms. The lowest BCUT2D eigenvalue weighted by molar-refractivity contribution is -0.139. The van der Waals surface area contributed by atoms with E-state index in [1.807, 2.05) is 0 Å². The van der Waals surface area contributed by atoms with Gasteiger partial charge in [0, 0.05) is 12.7 Å². The van der Waals surface area contributed by atoms with Crippen molar-refractivity contribution in [1.82, 2.24) is 10.2 Å². The molecule has 0 unspecified atom stereocenters. The number of esters is 1. The maximum absolute atomic E-state index is 12.2. The van der Waals surface area contributed by atoms with E-state index in [0.29, 0.717) is 16.8 Å². The number of aromatic hydroxyl groups is 1. The zero-order chi connectivity index (χ0) is 15.6. The fourth-order valence-corrected chi connectivity index (χ4v) is 2.23. The topological polar surface area (TPSA) is 78.9 Å². The third-order valence-electron chi connectivity index (χ3n) is 3.48. The molecule has 6 heteroatoms. The van der Waals surface area contributed by atoms with Gasteiger partial charge in [-0.1, -0.05) is 12.1 Å². The predicted molar refractivity (Wildman–Crippen MR) is 76.5 cm³/mol. The minimum Gasteiger partial charge on any atom is -0.508 e. The molecule has 21 heavy (non-hydrogen) atoms. The van der Waals surface area contributed by atoms with Crippen molar-refractivity contribution in [2.75, 3.05) is 13.7 Å². The van der Waals surface area contributed by atoms with Crippen molar-refractivity contribution in [3.05, 3.63) is 41.1 Å². The fourth-order valence-electron chi connectivity index (χ4n) is 2.23. The highest BCUT2D eigenvalue weighted by molar-refractivity contribution is 5.94. The summed E-state index contributed by atoms with van der Waals surface area (Å²) in [5.74, 6) is -0.337. The van der Waals surface area contributed by atoms with Gasteiger partial charge in [-0.25, -0.2) is 9.59 Å². The van der Waals surface area contributed by atoms with Gasteiger partial charge in [0.25, 0.3) is 0 Å². The highest BCUT2D eigenvalue weighted by Gasteiger charge is 2.34. The van der Waals surface area contributed by atoms with Crippen LogP contribution in [0.5, 0.6) is 5.75 Å². The summed E-state index contributed by atoms with van der Waals surface area (Å²) >= 11 is 0. The highest BCUT2D eigenvalue weighted by atomic mass is 16.5. The first-order valence-electron chi connectivity index (χ1n) is 6.66. The first-order chi connectivity index (χ1) is 9.95. The first kappa shape index (κ1) is 14.9. The largest absolute Gasteiger partial charge is 0.508 e. The van der Waals surface area contributed by atoms with Crippen LogP contribution in [0.15, 0.2) is 35.5 Å². The number of rotatable bonds is 3. The number of allylic oxidation sites excluding steroid dienone is 1. The van der Waals surface area contributed by atoms with E-state index in [2.05, 4.69) is 5.32 Å². The second-order valence-corrected chi connectivity index (χ2v) is 4.75. The summed E-state index contributed by atoms with van der Waals surface area (Å²) in [6.45, 7) is 3.70.